The lowest BCUT2D eigenvalue weighted by Crippen LogP contribution is -2.65. The molecule has 1 aliphatic carbocycles. The maximum absolute atomic E-state index is 12.2. The van der Waals surface area contributed by atoms with Gasteiger partial charge in [-0.3, -0.25) is 24.6 Å². The monoisotopic (exact) mass is 295 g/mol. The van der Waals surface area contributed by atoms with Gasteiger partial charge in [0.05, 0.1) is 12.1 Å². The van der Waals surface area contributed by atoms with Crippen LogP contribution in [-0.2, 0) is 14.4 Å². The Hall–Kier alpha value is -1.43. The van der Waals surface area contributed by atoms with Gasteiger partial charge in [0.25, 0.3) is 0 Å². The molecule has 6 nitrogen and oxygen atoms in total. The number of carbonyl (C=O) groups excluding carboxylic acids is 3. The Morgan fingerprint density at radius 1 is 1.24 bits per heavy atom. The van der Waals surface area contributed by atoms with Gasteiger partial charge in [0, 0.05) is 6.04 Å². The van der Waals surface area contributed by atoms with Crippen LogP contribution in [0.2, 0.25) is 0 Å². The van der Waals surface area contributed by atoms with Crippen molar-refractivity contribution in [3.8, 4) is 0 Å². The molecule has 1 saturated heterocycles. The van der Waals surface area contributed by atoms with Gasteiger partial charge < -0.3 is 5.32 Å². The highest BCUT2D eigenvalue weighted by molar-refractivity contribution is 6.05. The van der Waals surface area contributed by atoms with Gasteiger partial charge in [-0.15, -0.1) is 0 Å². The van der Waals surface area contributed by atoms with E-state index in [2.05, 4.69) is 10.6 Å². The molecule has 21 heavy (non-hydrogen) atoms. The second kappa shape index (κ2) is 6.56. The predicted molar refractivity (Wildman–Crippen MR) is 78.4 cm³/mol. The van der Waals surface area contributed by atoms with Gasteiger partial charge in [-0.25, -0.2) is 0 Å². The van der Waals surface area contributed by atoms with Gasteiger partial charge in [0.15, 0.2) is 0 Å². The minimum Gasteiger partial charge on any atom is -0.352 e. The molecule has 6 heteroatoms. The quantitative estimate of drug-likeness (QED) is 0.589. The molecule has 0 unspecified atom stereocenters. The second-order valence-electron chi connectivity index (χ2n) is 6.52. The first kappa shape index (κ1) is 15.9. The standard InChI is InChI=1S/C15H25N3O3/c1-15(2)14(21)18(13(20)9-16-15)10-12(19)17-11-7-5-3-4-6-8-11/h11,16H,3-10H2,1-2H3,(H,17,19). The van der Waals surface area contributed by atoms with Crippen molar-refractivity contribution in [1.82, 2.24) is 15.5 Å². The van der Waals surface area contributed by atoms with Crippen LogP contribution in [0.3, 0.4) is 0 Å². The zero-order chi connectivity index (χ0) is 15.5. The summed E-state index contributed by atoms with van der Waals surface area (Å²) in [6.45, 7) is 3.37. The Balaban J connectivity index is 1.91. The third kappa shape index (κ3) is 4.03. The van der Waals surface area contributed by atoms with Crippen LogP contribution in [0.15, 0.2) is 0 Å². The predicted octanol–water partition coefficient (Wildman–Crippen LogP) is 0.562. The summed E-state index contributed by atoms with van der Waals surface area (Å²) in [6, 6.07) is 0.182. The highest BCUT2D eigenvalue weighted by Gasteiger charge is 2.40. The number of nitrogens with one attached hydrogen (secondary N) is 2. The third-order valence-electron chi connectivity index (χ3n) is 4.28. The Labute approximate surface area is 125 Å². The van der Waals surface area contributed by atoms with E-state index in [9.17, 15) is 14.4 Å². The van der Waals surface area contributed by atoms with E-state index in [0.29, 0.717) is 0 Å². The molecule has 0 bridgehead atoms. The smallest absolute Gasteiger partial charge is 0.249 e. The summed E-state index contributed by atoms with van der Waals surface area (Å²) in [5.41, 5.74) is -0.795. The van der Waals surface area contributed by atoms with Gasteiger partial charge >= 0.3 is 0 Å². The van der Waals surface area contributed by atoms with Crippen LogP contribution in [0.1, 0.15) is 52.4 Å². The van der Waals surface area contributed by atoms with Gasteiger partial charge in [-0.2, -0.15) is 0 Å². The average Bonchev–Trinajstić information content (AvgIpc) is 2.68. The molecular formula is C15H25N3O3. The van der Waals surface area contributed by atoms with Crippen molar-refractivity contribution in [2.75, 3.05) is 13.1 Å². The summed E-state index contributed by atoms with van der Waals surface area (Å²) in [5.74, 6) is -0.911. The second-order valence-corrected chi connectivity index (χ2v) is 6.52. The Morgan fingerprint density at radius 3 is 2.48 bits per heavy atom. The van der Waals surface area contributed by atoms with Crippen molar-refractivity contribution in [1.29, 1.82) is 0 Å². The van der Waals surface area contributed by atoms with Crippen molar-refractivity contribution < 1.29 is 14.4 Å². The third-order valence-corrected chi connectivity index (χ3v) is 4.28. The maximum atomic E-state index is 12.2. The van der Waals surface area contributed by atoms with E-state index >= 15 is 0 Å². The van der Waals surface area contributed by atoms with E-state index < -0.39 is 5.54 Å². The van der Waals surface area contributed by atoms with Crippen LogP contribution in [0.4, 0.5) is 0 Å². The molecule has 2 N–H and O–H groups in total. The number of rotatable bonds is 3. The number of hydrogen-bond donors (Lipinski definition) is 2. The average molecular weight is 295 g/mol. The molecule has 2 fully saturated rings. The summed E-state index contributed by atoms with van der Waals surface area (Å²) < 4.78 is 0. The van der Waals surface area contributed by atoms with Crippen LogP contribution >= 0.6 is 0 Å². The van der Waals surface area contributed by atoms with E-state index in [1.54, 1.807) is 13.8 Å². The highest BCUT2D eigenvalue weighted by atomic mass is 16.2. The number of carbonyl (C=O) groups is 3. The Morgan fingerprint density at radius 2 is 1.86 bits per heavy atom. The van der Waals surface area contributed by atoms with E-state index in [0.717, 1.165) is 30.6 Å². The molecule has 118 valence electrons. The Kier molecular flexibility index (Phi) is 4.98. The first-order valence-electron chi connectivity index (χ1n) is 7.79. The van der Waals surface area contributed by atoms with Crippen LogP contribution in [0.25, 0.3) is 0 Å². The fourth-order valence-corrected chi connectivity index (χ4v) is 2.92. The fraction of sp³-hybridized carbons (Fsp3) is 0.800. The van der Waals surface area contributed by atoms with Crippen LogP contribution in [0.5, 0.6) is 0 Å². The van der Waals surface area contributed by atoms with Crippen LogP contribution < -0.4 is 10.6 Å². The first-order chi connectivity index (χ1) is 9.90. The molecule has 0 radical (unpaired) electrons. The van der Waals surface area contributed by atoms with Gasteiger partial charge in [0.2, 0.25) is 17.7 Å². The number of piperazine rings is 1. The molecular weight excluding hydrogens is 270 g/mol. The molecule has 0 aromatic rings. The molecule has 2 aliphatic rings. The topological polar surface area (TPSA) is 78.5 Å². The molecule has 1 heterocycles. The molecule has 3 amide bonds. The first-order valence-corrected chi connectivity index (χ1v) is 7.79. The van der Waals surface area contributed by atoms with E-state index in [4.69, 9.17) is 0 Å². The molecule has 1 aliphatic heterocycles. The van der Waals surface area contributed by atoms with Crippen molar-refractivity contribution in [3.05, 3.63) is 0 Å². The summed E-state index contributed by atoms with van der Waals surface area (Å²) in [7, 11) is 0. The molecule has 0 aromatic carbocycles. The van der Waals surface area contributed by atoms with E-state index in [1.807, 2.05) is 0 Å². The van der Waals surface area contributed by atoms with Crippen molar-refractivity contribution in [3.63, 3.8) is 0 Å². The van der Waals surface area contributed by atoms with E-state index in [-0.39, 0.29) is 36.9 Å². The molecule has 0 spiro atoms. The van der Waals surface area contributed by atoms with Gasteiger partial charge in [-0.1, -0.05) is 25.7 Å². The number of amides is 3. The summed E-state index contributed by atoms with van der Waals surface area (Å²) >= 11 is 0. The summed E-state index contributed by atoms with van der Waals surface area (Å²) in [5, 5.41) is 5.85. The minimum absolute atomic E-state index is 0.0927. The van der Waals surface area contributed by atoms with Crippen LogP contribution in [-0.4, -0.2) is 47.3 Å². The minimum atomic E-state index is -0.795. The van der Waals surface area contributed by atoms with E-state index in [1.165, 1.54) is 12.8 Å². The van der Waals surface area contributed by atoms with Crippen LogP contribution in [0, 0.1) is 0 Å². The number of imide groups is 1. The zero-order valence-corrected chi connectivity index (χ0v) is 12.9. The molecule has 0 aromatic heterocycles. The fourth-order valence-electron chi connectivity index (χ4n) is 2.92. The molecule has 2 rings (SSSR count). The lowest BCUT2D eigenvalue weighted by Gasteiger charge is -2.36. The van der Waals surface area contributed by atoms with Gasteiger partial charge in [-0.05, 0) is 26.7 Å². The van der Waals surface area contributed by atoms with Crippen molar-refractivity contribution in [2.45, 2.75) is 64.0 Å². The zero-order valence-electron chi connectivity index (χ0n) is 12.9. The lowest BCUT2D eigenvalue weighted by atomic mass is 10.0. The largest absolute Gasteiger partial charge is 0.352 e. The SMILES string of the molecule is CC1(C)NCC(=O)N(CC(=O)NC2CCCCCC2)C1=O. The summed E-state index contributed by atoms with van der Waals surface area (Å²) in [4.78, 5) is 37.2. The summed E-state index contributed by atoms with van der Waals surface area (Å²) in [6.07, 6.45) is 6.67. The number of nitrogens with zero attached hydrogens (tertiary/aromatic N) is 1. The Bertz CT molecular complexity index is 426. The normalized spacial score (nSPS) is 23.8. The maximum Gasteiger partial charge on any atom is 0.249 e. The van der Waals surface area contributed by atoms with Gasteiger partial charge in [0.1, 0.15) is 6.54 Å². The van der Waals surface area contributed by atoms with Crippen molar-refractivity contribution >= 4 is 17.7 Å². The number of hydrogen-bond acceptors (Lipinski definition) is 4. The molecule has 1 saturated carbocycles. The highest BCUT2D eigenvalue weighted by Crippen LogP contribution is 2.17. The molecule has 0 atom stereocenters. The lowest BCUT2D eigenvalue weighted by molar-refractivity contribution is -0.154. The van der Waals surface area contributed by atoms with Crippen molar-refractivity contribution in [2.24, 2.45) is 0 Å².